The summed E-state index contributed by atoms with van der Waals surface area (Å²) in [7, 11) is 0. The molecule has 1 aliphatic heterocycles. The Morgan fingerprint density at radius 2 is 1.90 bits per heavy atom. The van der Waals surface area contributed by atoms with Gasteiger partial charge in [-0.3, -0.25) is 9.69 Å². The molecule has 4 nitrogen and oxygen atoms in total. The van der Waals surface area contributed by atoms with E-state index < -0.39 is 0 Å². The summed E-state index contributed by atoms with van der Waals surface area (Å²) in [5, 5.41) is 7.07. The SMILES string of the molecule is CCSc1ccc(Cl)cc1CNC(=O)c1cc(Br)c(CN2CCNCC2)c(Br)c1. The van der Waals surface area contributed by atoms with Crippen molar-refractivity contribution in [2.75, 3.05) is 31.9 Å². The van der Waals surface area contributed by atoms with Crippen LogP contribution in [0.15, 0.2) is 44.2 Å². The number of rotatable bonds is 7. The van der Waals surface area contributed by atoms with Gasteiger partial charge in [0.2, 0.25) is 0 Å². The normalized spacial score (nSPS) is 14.8. The average Bonchev–Trinajstić information content (AvgIpc) is 2.71. The number of amides is 1. The lowest BCUT2D eigenvalue weighted by atomic mass is 10.1. The molecular weight excluding hydrogens is 538 g/mol. The van der Waals surface area contributed by atoms with Crippen LogP contribution in [0.2, 0.25) is 5.02 Å². The molecule has 3 rings (SSSR count). The van der Waals surface area contributed by atoms with Gasteiger partial charge in [0.05, 0.1) is 0 Å². The maximum Gasteiger partial charge on any atom is 0.251 e. The zero-order valence-electron chi connectivity index (χ0n) is 16.2. The second-order valence-electron chi connectivity index (χ2n) is 6.81. The van der Waals surface area contributed by atoms with Crippen LogP contribution in [0.5, 0.6) is 0 Å². The minimum Gasteiger partial charge on any atom is -0.348 e. The van der Waals surface area contributed by atoms with Gasteiger partial charge in [-0.25, -0.2) is 0 Å². The van der Waals surface area contributed by atoms with Gasteiger partial charge in [0.1, 0.15) is 0 Å². The third-order valence-corrected chi connectivity index (χ3v) is 7.40. The first kappa shape index (κ1) is 23.1. The van der Waals surface area contributed by atoms with Gasteiger partial charge in [0.15, 0.2) is 0 Å². The number of halogens is 3. The smallest absolute Gasteiger partial charge is 0.251 e. The van der Waals surface area contributed by atoms with Crippen LogP contribution in [0.3, 0.4) is 0 Å². The van der Waals surface area contributed by atoms with Crippen LogP contribution in [0.25, 0.3) is 0 Å². The number of benzene rings is 2. The first-order chi connectivity index (χ1) is 14.0. The van der Waals surface area contributed by atoms with Crippen molar-refractivity contribution in [3.05, 3.63) is 61.0 Å². The summed E-state index contributed by atoms with van der Waals surface area (Å²) in [5.74, 6) is 0.865. The number of piperazine rings is 1. The van der Waals surface area contributed by atoms with E-state index in [1.54, 1.807) is 11.8 Å². The Morgan fingerprint density at radius 3 is 2.55 bits per heavy atom. The summed E-state index contributed by atoms with van der Waals surface area (Å²) in [6.07, 6.45) is 0. The molecule has 0 bridgehead atoms. The minimum atomic E-state index is -0.104. The van der Waals surface area contributed by atoms with Crippen molar-refractivity contribution >= 4 is 61.1 Å². The summed E-state index contributed by atoms with van der Waals surface area (Å²) >= 11 is 15.2. The van der Waals surface area contributed by atoms with Crippen LogP contribution < -0.4 is 10.6 Å². The largest absolute Gasteiger partial charge is 0.348 e. The molecule has 1 saturated heterocycles. The van der Waals surface area contributed by atoms with Crippen molar-refractivity contribution in [3.63, 3.8) is 0 Å². The number of carbonyl (C=O) groups excluding carboxylic acids is 1. The topological polar surface area (TPSA) is 44.4 Å². The highest BCUT2D eigenvalue weighted by molar-refractivity contribution is 9.11. The van der Waals surface area contributed by atoms with E-state index in [4.69, 9.17) is 11.6 Å². The number of thioether (sulfide) groups is 1. The number of hydrogen-bond acceptors (Lipinski definition) is 4. The standard InChI is InChI=1S/C21H24Br2ClN3OS/c1-2-29-20-4-3-16(24)9-15(20)12-26-21(28)14-10-18(22)17(19(23)11-14)13-27-7-5-25-6-8-27/h3-4,9-11,25H,2,5-8,12-13H2,1H3,(H,26,28). The fourth-order valence-electron chi connectivity index (χ4n) is 3.24. The van der Waals surface area contributed by atoms with Gasteiger partial charge in [0.25, 0.3) is 5.91 Å². The Bertz CT molecular complexity index is 852. The molecule has 0 radical (unpaired) electrons. The summed E-state index contributed by atoms with van der Waals surface area (Å²) < 4.78 is 1.89. The molecule has 2 N–H and O–H groups in total. The zero-order valence-corrected chi connectivity index (χ0v) is 21.0. The van der Waals surface area contributed by atoms with Gasteiger partial charge < -0.3 is 10.6 Å². The van der Waals surface area contributed by atoms with E-state index in [1.165, 1.54) is 5.56 Å². The molecule has 1 amide bonds. The Hall–Kier alpha value is -0.570. The number of nitrogens with zero attached hydrogens (tertiary/aromatic N) is 1. The van der Waals surface area contributed by atoms with Crippen LogP contribution in [-0.4, -0.2) is 42.7 Å². The summed E-state index contributed by atoms with van der Waals surface area (Å²) in [6, 6.07) is 9.61. The Labute approximate surface area is 198 Å². The van der Waals surface area contributed by atoms with Crippen molar-refractivity contribution in [1.82, 2.24) is 15.5 Å². The van der Waals surface area contributed by atoms with E-state index >= 15 is 0 Å². The van der Waals surface area contributed by atoms with E-state index in [9.17, 15) is 4.79 Å². The molecule has 2 aromatic rings. The molecule has 0 aliphatic carbocycles. The molecule has 0 unspecified atom stereocenters. The monoisotopic (exact) mass is 559 g/mol. The lowest BCUT2D eigenvalue weighted by Gasteiger charge is -2.28. The molecule has 1 fully saturated rings. The van der Waals surface area contributed by atoms with Crippen LogP contribution >= 0.6 is 55.2 Å². The van der Waals surface area contributed by atoms with E-state index in [-0.39, 0.29) is 5.91 Å². The van der Waals surface area contributed by atoms with Crippen molar-refractivity contribution in [2.45, 2.75) is 24.9 Å². The molecule has 1 heterocycles. The average molecular weight is 562 g/mol. The summed E-state index contributed by atoms with van der Waals surface area (Å²) in [5.41, 5.74) is 2.82. The van der Waals surface area contributed by atoms with Gasteiger partial charge in [-0.1, -0.05) is 50.4 Å². The van der Waals surface area contributed by atoms with Crippen molar-refractivity contribution in [3.8, 4) is 0 Å². The zero-order chi connectivity index (χ0) is 20.8. The lowest BCUT2D eigenvalue weighted by molar-refractivity contribution is 0.0950. The van der Waals surface area contributed by atoms with Crippen molar-refractivity contribution in [1.29, 1.82) is 0 Å². The Balaban J connectivity index is 1.69. The van der Waals surface area contributed by atoms with Gasteiger partial charge in [0, 0.05) is 63.7 Å². The van der Waals surface area contributed by atoms with Crippen LogP contribution in [0.4, 0.5) is 0 Å². The molecule has 0 spiro atoms. The Kier molecular flexibility index (Phi) is 8.89. The highest BCUT2D eigenvalue weighted by Crippen LogP contribution is 2.29. The first-order valence-electron chi connectivity index (χ1n) is 9.58. The van der Waals surface area contributed by atoms with Crippen LogP contribution in [0.1, 0.15) is 28.4 Å². The maximum atomic E-state index is 12.8. The first-order valence-corrected chi connectivity index (χ1v) is 12.5. The number of carbonyl (C=O) groups is 1. The highest BCUT2D eigenvalue weighted by Gasteiger charge is 2.17. The molecule has 0 aromatic heterocycles. The summed E-state index contributed by atoms with van der Waals surface area (Å²) in [4.78, 5) is 16.3. The van der Waals surface area contributed by atoms with E-state index in [0.29, 0.717) is 17.1 Å². The molecule has 0 atom stereocenters. The molecule has 0 saturated carbocycles. The predicted octanol–water partition coefficient (Wildman–Crippen LogP) is 5.31. The number of hydrogen-bond donors (Lipinski definition) is 2. The van der Waals surface area contributed by atoms with Gasteiger partial charge in [-0.2, -0.15) is 0 Å². The minimum absolute atomic E-state index is 0.104. The Morgan fingerprint density at radius 1 is 1.21 bits per heavy atom. The van der Waals surface area contributed by atoms with E-state index in [2.05, 4.69) is 54.3 Å². The van der Waals surface area contributed by atoms with E-state index in [0.717, 1.165) is 57.9 Å². The fraction of sp³-hybridized carbons (Fsp3) is 0.381. The van der Waals surface area contributed by atoms with Crippen molar-refractivity contribution in [2.24, 2.45) is 0 Å². The van der Waals surface area contributed by atoms with Crippen molar-refractivity contribution < 1.29 is 4.79 Å². The number of nitrogens with one attached hydrogen (secondary N) is 2. The van der Waals surface area contributed by atoms with Gasteiger partial charge in [-0.15, -0.1) is 11.8 Å². The fourth-order valence-corrected chi connectivity index (χ4v) is 5.66. The van der Waals surface area contributed by atoms with Gasteiger partial charge >= 0.3 is 0 Å². The van der Waals surface area contributed by atoms with Crippen LogP contribution in [0, 0.1) is 0 Å². The van der Waals surface area contributed by atoms with Gasteiger partial charge in [-0.05, 0) is 47.2 Å². The quantitative estimate of drug-likeness (QED) is 0.450. The molecule has 1 aliphatic rings. The molecular formula is C21H24Br2ClN3OS. The lowest BCUT2D eigenvalue weighted by Crippen LogP contribution is -2.43. The molecule has 2 aromatic carbocycles. The predicted molar refractivity (Wildman–Crippen MR) is 129 cm³/mol. The van der Waals surface area contributed by atoms with Crippen LogP contribution in [-0.2, 0) is 13.1 Å². The molecule has 8 heteroatoms. The molecule has 29 heavy (non-hydrogen) atoms. The second kappa shape index (κ2) is 11.2. The summed E-state index contributed by atoms with van der Waals surface area (Å²) in [6.45, 7) is 7.48. The second-order valence-corrected chi connectivity index (χ2v) is 10.3. The third-order valence-electron chi connectivity index (χ3n) is 4.76. The maximum absolute atomic E-state index is 12.8. The molecule has 156 valence electrons. The highest BCUT2D eigenvalue weighted by atomic mass is 79.9. The van der Waals surface area contributed by atoms with E-state index in [1.807, 2.05) is 30.3 Å². The third kappa shape index (κ3) is 6.45.